The first-order valence-electron chi connectivity index (χ1n) is 21.4. The Morgan fingerprint density at radius 2 is 0.708 bits per heavy atom. The molecule has 0 heterocycles. The lowest BCUT2D eigenvalue weighted by atomic mass is 9.95. The van der Waals surface area contributed by atoms with Crippen molar-refractivity contribution in [3.05, 3.63) is 201 Å². The molecule has 89 heavy (non-hydrogen) atoms. The first kappa shape index (κ1) is 70.6. The minimum absolute atomic E-state index is 0.0361. The quantitative estimate of drug-likeness (QED) is 0.0893. The van der Waals surface area contributed by atoms with Gasteiger partial charge in [0, 0.05) is 27.8 Å². The average Bonchev–Trinajstić information content (AvgIpc) is 1.36. The molecule has 0 aliphatic carbocycles. The van der Waals surface area contributed by atoms with Gasteiger partial charge in [-0.25, -0.2) is 98.8 Å². The molecule has 0 fully saturated rings. The summed E-state index contributed by atoms with van der Waals surface area (Å²) in [5.74, 6) is -39.0. The van der Waals surface area contributed by atoms with E-state index in [0.717, 1.165) is 42.5 Å². The molecule has 0 aliphatic rings. The van der Waals surface area contributed by atoms with E-state index in [2.05, 4.69) is 53.0 Å². The van der Waals surface area contributed by atoms with E-state index >= 15 is 8.78 Å². The molecule has 0 saturated carbocycles. The molecule has 0 amide bonds. The van der Waals surface area contributed by atoms with Crippen molar-refractivity contribution in [2.75, 3.05) is 0 Å². The molecule has 0 spiro atoms. The number of hydrogen-bond donors (Lipinski definition) is 0. The van der Waals surface area contributed by atoms with Gasteiger partial charge in [0.1, 0.15) is 112 Å². The Morgan fingerprint density at radius 3 is 1.04 bits per heavy atom. The van der Waals surface area contributed by atoms with Crippen LogP contribution < -0.4 is 31.3 Å². The Bertz CT molecular complexity index is 4910. The van der Waals surface area contributed by atoms with Crippen LogP contribution in [0.5, 0.6) is 0 Å². The molecule has 6 rings (SSSR count). The van der Waals surface area contributed by atoms with Gasteiger partial charge >= 0.3 is 0 Å². The van der Waals surface area contributed by atoms with Gasteiger partial charge in [-0.3, -0.25) is 0 Å². The highest BCUT2D eigenvalue weighted by Crippen LogP contribution is 2.35. The zero-order chi connectivity index (χ0) is 68.3. The van der Waals surface area contributed by atoms with Gasteiger partial charge in [0.05, 0.1) is 83.4 Å². The highest BCUT2D eigenvalue weighted by molar-refractivity contribution is 9.11. The van der Waals surface area contributed by atoms with E-state index in [0.29, 0.717) is 0 Å². The summed E-state index contributed by atoms with van der Waals surface area (Å²) in [4.78, 5) is 7.21. The predicted octanol–water partition coefficient (Wildman–Crippen LogP) is 10.3. The van der Waals surface area contributed by atoms with Gasteiger partial charge in [-0.05, 0) is 38.8 Å². The fourth-order valence-corrected chi connectivity index (χ4v) is 8.53. The summed E-state index contributed by atoms with van der Waals surface area (Å²) >= 11 is 5.66. The van der Waals surface area contributed by atoms with Crippen LogP contribution in [-0.2, 0) is 0 Å². The van der Waals surface area contributed by atoms with Crippen molar-refractivity contribution in [1.29, 1.82) is 57.9 Å². The lowest BCUT2D eigenvalue weighted by Crippen LogP contribution is -2.28. The fourth-order valence-electron chi connectivity index (χ4n) is 7.29. The van der Waals surface area contributed by atoms with Crippen LogP contribution in [0, 0.1) is 250 Å². The van der Waals surface area contributed by atoms with Crippen LogP contribution in [0.3, 0.4) is 0 Å². The van der Waals surface area contributed by atoms with Crippen molar-refractivity contribution in [3.8, 4) is 67.3 Å². The van der Waals surface area contributed by atoms with Crippen LogP contribution in [0.15, 0.2) is 8.95 Å². The van der Waals surface area contributed by atoms with E-state index in [1.807, 2.05) is 0 Å². The highest BCUT2D eigenvalue weighted by Gasteiger charge is 2.34. The number of hydrogen-bond acceptors (Lipinski definition) is 11. The van der Waals surface area contributed by atoms with E-state index in [1.165, 1.54) is 19.1 Å². The van der Waals surface area contributed by atoms with Crippen molar-refractivity contribution in [3.63, 3.8) is 0 Å². The fraction of sp³-hybridized carbons (Fsp3) is 0.0182. The van der Waals surface area contributed by atoms with Crippen molar-refractivity contribution < 1.29 is 79.0 Å². The van der Waals surface area contributed by atoms with Gasteiger partial charge < -0.3 is 0 Å². The molecule has 0 unspecified atom stereocenters. The van der Waals surface area contributed by atoms with Crippen LogP contribution in [0.4, 0.5) is 90.4 Å². The average molecular weight is 1360 g/mol. The zero-order valence-electron chi connectivity index (χ0n) is 41.9. The molecule has 14 nitrogen and oxygen atoms in total. The molecule has 0 aliphatic heterocycles. The van der Waals surface area contributed by atoms with Gasteiger partial charge in [-0.2, -0.15) is 52.6 Å². The van der Waals surface area contributed by atoms with E-state index in [4.69, 9.17) is 67.1 Å². The van der Waals surface area contributed by atoms with E-state index in [-0.39, 0.29) is 19.7 Å². The number of rotatable bonds is 2. The summed E-state index contributed by atoms with van der Waals surface area (Å²) in [5, 5.41) is 84.2. The van der Waals surface area contributed by atoms with E-state index in [1.54, 1.807) is 6.07 Å². The second kappa shape index (κ2) is 28.8. The zero-order valence-corrected chi connectivity index (χ0v) is 45.1. The standard InChI is InChI=1S/C26F10N6.C16F6N4.C12H3Br2F2N3.CHN/c1-40-24(12-19(32)15(28)9(6-39)16(29)20(12)33)13-14(27)8(5-38)10(21(34)25(13)41-2)7(4-37)11-17(30)22(35)26(42-3)23(36)18(11)31;17-11-7(5(1-23)2-24)13(19)15(21)10-9(11)16(22)14(20)8(12(10)18)6(3-25)4-26;1-5(2-17)7-9(13)12(16)8(6(3-18)4-19)10(14)11(7)15;1-2/h;;1H3;1H/b10-7-,24-13-;;7-5-;. The Balaban J connectivity index is 0.000000375. The third-order valence-corrected chi connectivity index (χ3v) is 12.6. The molecule has 6 aromatic rings. The summed E-state index contributed by atoms with van der Waals surface area (Å²) in [6.45, 7) is 25.8. The van der Waals surface area contributed by atoms with Crippen molar-refractivity contribution in [1.82, 2.24) is 0 Å². The number of halogens is 20. The monoisotopic (exact) mass is 1360 g/mol. The molecule has 0 radical (unpaired) electrons. The molecule has 0 saturated heterocycles. The van der Waals surface area contributed by atoms with Crippen LogP contribution in [0.2, 0.25) is 0 Å². The summed E-state index contributed by atoms with van der Waals surface area (Å²) in [7, 11) is 0. The second-order valence-corrected chi connectivity index (χ2v) is 17.0. The highest BCUT2D eigenvalue weighted by atomic mass is 79.9. The van der Waals surface area contributed by atoms with Crippen molar-refractivity contribution in [2.45, 2.75) is 6.92 Å². The van der Waals surface area contributed by atoms with Gasteiger partial charge in [0.15, 0.2) is 75.5 Å². The van der Waals surface area contributed by atoms with Crippen molar-refractivity contribution in [2.24, 2.45) is 0 Å². The summed E-state index contributed by atoms with van der Waals surface area (Å²) in [6, 6.07) is 11.5. The minimum atomic E-state index is -2.48. The first-order valence-corrected chi connectivity index (χ1v) is 23.0. The van der Waals surface area contributed by atoms with Gasteiger partial charge in [0.25, 0.3) is 5.69 Å². The molecular formula is C55H4Br2F18N14. The Morgan fingerprint density at radius 1 is 0.348 bits per heavy atom. The Kier molecular flexibility index (Phi) is 22.8. The van der Waals surface area contributed by atoms with Gasteiger partial charge in [-0.1, -0.05) is 0 Å². The topological polar surface area (TPSA) is 275 Å². The number of benzene rings is 6. The lowest BCUT2D eigenvalue weighted by Gasteiger charge is -2.12. The first-order chi connectivity index (χ1) is 42.0. The van der Waals surface area contributed by atoms with Crippen LogP contribution >= 0.6 is 31.9 Å². The molecule has 0 bridgehead atoms. The van der Waals surface area contributed by atoms with Gasteiger partial charge in [-0.15, -0.1) is 0 Å². The normalized spacial score (nSPS) is 10.8. The minimum Gasteiger partial charge on any atom is -0.238 e. The van der Waals surface area contributed by atoms with Crippen LogP contribution in [-0.4, -0.2) is 0 Å². The Labute approximate surface area is 498 Å². The molecule has 0 N–H and O–H groups in total. The Hall–Kier alpha value is -12.6. The third kappa shape index (κ3) is 11.8. The third-order valence-electron chi connectivity index (χ3n) is 11.1. The molecule has 0 atom stereocenters. The van der Waals surface area contributed by atoms with E-state index in [9.17, 15) is 80.8 Å². The molecule has 6 aromatic carbocycles. The molecule has 434 valence electrons. The predicted molar refractivity (Wildman–Crippen MR) is 267 cm³/mol. The van der Waals surface area contributed by atoms with Gasteiger partial charge in [0.2, 0.25) is 5.69 Å². The van der Waals surface area contributed by atoms with Crippen LogP contribution in [0.1, 0.15) is 29.2 Å². The van der Waals surface area contributed by atoms with Crippen molar-refractivity contribution >= 4 is 87.6 Å². The maximum atomic E-state index is 15.7. The van der Waals surface area contributed by atoms with Crippen LogP contribution in [0.25, 0.3) is 58.9 Å². The second-order valence-electron chi connectivity index (χ2n) is 15.4. The van der Waals surface area contributed by atoms with E-state index < -0.39 is 203 Å². The molecular weight excluding hydrogens is 1360 g/mol. The molecule has 0 aromatic heterocycles. The largest absolute Gasteiger partial charge is 0.262 e. The maximum Gasteiger partial charge on any atom is 0.262 e. The smallest absolute Gasteiger partial charge is 0.238 e. The summed E-state index contributed by atoms with van der Waals surface area (Å²) < 4.78 is 260. The lowest BCUT2D eigenvalue weighted by molar-refractivity contribution is 0.446. The number of nitrogens with zero attached hydrogens (tertiary/aromatic N) is 14. The maximum absolute atomic E-state index is 15.7. The molecule has 34 heteroatoms. The summed E-state index contributed by atoms with van der Waals surface area (Å²) in [6.07, 6.45) is 0. The SMILES string of the molecule is C#N.C/C(C#N)=c1/c(F)c(Br)c(=C(C#N)C#N)c(F)c1Br.N#CC(C#N)=c1c(F)c(F)c2c(F)c(=C(C#N)C#N)c(F)c(F)c2c1F.[C-]#[N+]/C(c1c(F)c(F)c(C#N)c(F)c1F)=c1/c(F)c(C#N)/c(=C(\C#N)c2c(F)c(F)c([N+]#[C-])c(F)c2F)c(F)c1[N+]#[C-]. The number of nitriles is 11. The number of fused-ring (bicyclic) bond motifs is 1. The summed E-state index contributed by atoms with van der Waals surface area (Å²) in [5.41, 5.74) is -18.3.